The van der Waals surface area contributed by atoms with Gasteiger partial charge in [-0.25, -0.2) is 4.79 Å². The van der Waals surface area contributed by atoms with Crippen LogP contribution in [0.5, 0.6) is 0 Å². The molecular formula is C21H27N3O. The summed E-state index contributed by atoms with van der Waals surface area (Å²) in [5.41, 5.74) is 5.31. The van der Waals surface area contributed by atoms with Crippen molar-refractivity contribution in [3.63, 3.8) is 0 Å². The van der Waals surface area contributed by atoms with E-state index in [0.717, 1.165) is 25.8 Å². The van der Waals surface area contributed by atoms with Crippen LogP contribution in [0, 0.1) is 0 Å². The largest absolute Gasteiger partial charge is 0.374 e. The molecule has 4 nitrogen and oxygen atoms in total. The highest BCUT2D eigenvalue weighted by molar-refractivity contribution is 5.73. The molecule has 2 amide bonds. The molecule has 1 aliphatic heterocycles. The maximum Gasteiger partial charge on any atom is 0.314 e. The van der Waals surface area contributed by atoms with Crippen molar-refractivity contribution in [1.29, 1.82) is 0 Å². The van der Waals surface area contributed by atoms with Crippen LogP contribution in [0.2, 0.25) is 0 Å². The lowest BCUT2D eigenvalue weighted by atomic mass is 9.98. The first-order valence-corrected chi connectivity index (χ1v) is 9.11. The van der Waals surface area contributed by atoms with Crippen molar-refractivity contribution in [1.82, 2.24) is 10.6 Å². The Morgan fingerprint density at radius 2 is 1.72 bits per heavy atom. The summed E-state index contributed by atoms with van der Waals surface area (Å²) in [7, 11) is 2.15. The van der Waals surface area contributed by atoms with E-state index in [2.05, 4.69) is 52.9 Å². The fourth-order valence-corrected chi connectivity index (χ4v) is 3.34. The Morgan fingerprint density at radius 3 is 2.48 bits per heavy atom. The fourth-order valence-electron chi connectivity index (χ4n) is 3.34. The van der Waals surface area contributed by atoms with Gasteiger partial charge in [0.2, 0.25) is 0 Å². The number of carbonyl (C=O) groups excluding carboxylic acids is 1. The lowest BCUT2D eigenvalue weighted by Crippen LogP contribution is -2.37. The van der Waals surface area contributed by atoms with Gasteiger partial charge in [-0.05, 0) is 48.4 Å². The summed E-state index contributed by atoms with van der Waals surface area (Å²) in [6, 6.07) is 16.8. The summed E-state index contributed by atoms with van der Waals surface area (Å²) in [5, 5.41) is 5.86. The standard InChI is InChI=1S/C21H27N3O/c1-24-15-5-8-19-16-18(9-10-20(19)24)12-14-23-21(25)22-13-11-17-6-3-2-4-7-17/h2-4,6-7,9-10,16H,5,8,11-15H2,1H3,(H2,22,23,25). The number of nitrogens with one attached hydrogen (secondary N) is 2. The number of urea groups is 1. The molecular weight excluding hydrogens is 310 g/mol. The van der Waals surface area contributed by atoms with Crippen LogP contribution in [-0.2, 0) is 19.3 Å². The smallest absolute Gasteiger partial charge is 0.314 e. The van der Waals surface area contributed by atoms with Gasteiger partial charge >= 0.3 is 6.03 Å². The summed E-state index contributed by atoms with van der Waals surface area (Å²) in [5.74, 6) is 0. The number of rotatable bonds is 6. The fraction of sp³-hybridized carbons (Fsp3) is 0.381. The van der Waals surface area contributed by atoms with E-state index >= 15 is 0 Å². The van der Waals surface area contributed by atoms with E-state index in [1.54, 1.807) is 0 Å². The number of nitrogens with zero attached hydrogens (tertiary/aromatic N) is 1. The monoisotopic (exact) mass is 337 g/mol. The Kier molecular flexibility index (Phi) is 5.94. The van der Waals surface area contributed by atoms with Crippen molar-refractivity contribution in [3.05, 3.63) is 65.2 Å². The molecule has 0 bridgehead atoms. The zero-order chi connectivity index (χ0) is 17.5. The van der Waals surface area contributed by atoms with Gasteiger partial charge in [0.1, 0.15) is 0 Å². The quantitative estimate of drug-likeness (QED) is 0.850. The minimum Gasteiger partial charge on any atom is -0.374 e. The minimum atomic E-state index is -0.0892. The summed E-state index contributed by atoms with van der Waals surface area (Å²) in [6.07, 6.45) is 4.09. The van der Waals surface area contributed by atoms with Crippen molar-refractivity contribution >= 4 is 11.7 Å². The topological polar surface area (TPSA) is 44.4 Å². The molecule has 2 N–H and O–H groups in total. The number of hydrogen-bond donors (Lipinski definition) is 2. The van der Waals surface area contributed by atoms with E-state index in [9.17, 15) is 4.79 Å². The maximum absolute atomic E-state index is 11.9. The molecule has 2 aromatic carbocycles. The number of hydrogen-bond acceptors (Lipinski definition) is 2. The Hall–Kier alpha value is -2.49. The first-order valence-electron chi connectivity index (χ1n) is 9.11. The van der Waals surface area contributed by atoms with Gasteiger partial charge in [-0.2, -0.15) is 0 Å². The molecule has 0 atom stereocenters. The van der Waals surface area contributed by atoms with Crippen LogP contribution in [0.1, 0.15) is 23.1 Å². The molecule has 0 radical (unpaired) electrons. The Bertz CT molecular complexity index is 700. The van der Waals surface area contributed by atoms with Crippen LogP contribution < -0.4 is 15.5 Å². The first-order chi connectivity index (χ1) is 12.2. The number of fused-ring (bicyclic) bond motifs is 1. The van der Waals surface area contributed by atoms with Crippen molar-refractivity contribution in [2.45, 2.75) is 25.7 Å². The third-order valence-corrected chi connectivity index (χ3v) is 4.74. The number of carbonyl (C=O) groups is 1. The molecule has 1 aliphatic rings. The number of anilines is 1. The molecule has 0 spiro atoms. The van der Waals surface area contributed by atoms with E-state index in [-0.39, 0.29) is 6.03 Å². The number of aryl methyl sites for hydroxylation is 1. The molecule has 1 heterocycles. The molecule has 0 aliphatic carbocycles. The highest BCUT2D eigenvalue weighted by atomic mass is 16.2. The van der Waals surface area contributed by atoms with Crippen molar-refractivity contribution in [2.75, 3.05) is 31.6 Å². The van der Waals surface area contributed by atoms with Gasteiger partial charge in [-0.15, -0.1) is 0 Å². The second-order valence-electron chi connectivity index (χ2n) is 6.66. The molecule has 0 saturated heterocycles. The van der Waals surface area contributed by atoms with Gasteiger partial charge < -0.3 is 15.5 Å². The predicted molar refractivity (Wildman–Crippen MR) is 103 cm³/mol. The van der Waals surface area contributed by atoms with E-state index in [4.69, 9.17) is 0 Å². The molecule has 132 valence electrons. The van der Waals surface area contributed by atoms with E-state index in [1.165, 1.54) is 28.8 Å². The Labute approximate surface area is 150 Å². The molecule has 0 aromatic heterocycles. The summed E-state index contributed by atoms with van der Waals surface area (Å²) >= 11 is 0. The third kappa shape index (κ3) is 4.99. The summed E-state index contributed by atoms with van der Waals surface area (Å²) < 4.78 is 0. The van der Waals surface area contributed by atoms with Gasteiger partial charge in [-0.1, -0.05) is 42.5 Å². The maximum atomic E-state index is 11.9. The Morgan fingerprint density at radius 1 is 1.00 bits per heavy atom. The molecule has 2 aromatic rings. The van der Waals surface area contributed by atoms with Gasteiger partial charge in [0.05, 0.1) is 0 Å². The van der Waals surface area contributed by atoms with Crippen LogP contribution >= 0.6 is 0 Å². The van der Waals surface area contributed by atoms with Gasteiger partial charge in [0, 0.05) is 32.4 Å². The van der Waals surface area contributed by atoms with Crippen LogP contribution in [0.25, 0.3) is 0 Å². The molecule has 0 fully saturated rings. The lowest BCUT2D eigenvalue weighted by Gasteiger charge is -2.27. The normalized spacial score (nSPS) is 13.2. The lowest BCUT2D eigenvalue weighted by molar-refractivity contribution is 0.241. The van der Waals surface area contributed by atoms with Crippen LogP contribution in [0.4, 0.5) is 10.5 Å². The molecule has 3 rings (SSSR count). The summed E-state index contributed by atoms with van der Waals surface area (Å²) in [6.45, 7) is 2.45. The van der Waals surface area contributed by atoms with Gasteiger partial charge in [0.15, 0.2) is 0 Å². The zero-order valence-corrected chi connectivity index (χ0v) is 14.9. The SMILES string of the molecule is CN1CCCc2cc(CCNC(=O)NCCc3ccccc3)ccc21. The third-order valence-electron chi connectivity index (χ3n) is 4.74. The van der Waals surface area contributed by atoms with Crippen LogP contribution in [-0.4, -0.2) is 32.7 Å². The second-order valence-corrected chi connectivity index (χ2v) is 6.66. The average molecular weight is 337 g/mol. The zero-order valence-electron chi connectivity index (χ0n) is 14.9. The highest BCUT2D eigenvalue weighted by Crippen LogP contribution is 2.26. The van der Waals surface area contributed by atoms with Crippen LogP contribution in [0.15, 0.2) is 48.5 Å². The van der Waals surface area contributed by atoms with Gasteiger partial charge in [-0.3, -0.25) is 0 Å². The molecule has 0 unspecified atom stereocenters. The van der Waals surface area contributed by atoms with E-state index in [1.807, 2.05) is 18.2 Å². The van der Waals surface area contributed by atoms with Crippen molar-refractivity contribution < 1.29 is 4.79 Å². The predicted octanol–water partition coefficient (Wildman–Crippen LogP) is 3.15. The first kappa shape index (κ1) is 17.3. The van der Waals surface area contributed by atoms with Crippen LogP contribution in [0.3, 0.4) is 0 Å². The van der Waals surface area contributed by atoms with Crippen molar-refractivity contribution in [3.8, 4) is 0 Å². The van der Waals surface area contributed by atoms with E-state index in [0.29, 0.717) is 13.1 Å². The molecule has 25 heavy (non-hydrogen) atoms. The van der Waals surface area contributed by atoms with E-state index < -0.39 is 0 Å². The highest BCUT2D eigenvalue weighted by Gasteiger charge is 2.13. The Balaban J connectivity index is 1.38. The van der Waals surface area contributed by atoms with Crippen molar-refractivity contribution in [2.24, 2.45) is 0 Å². The average Bonchev–Trinajstić information content (AvgIpc) is 2.63. The summed E-state index contributed by atoms with van der Waals surface area (Å²) in [4.78, 5) is 14.2. The number of benzene rings is 2. The second kappa shape index (κ2) is 8.56. The van der Waals surface area contributed by atoms with Gasteiger partial charge in [0.25, 0.3) is 0 Å². The molecule has 0 saturated carbocycles. The number of amides is 2. The molecule has 4 heteroatoms. The minimum absolute atomic E-state index is 0.0892.